The number of nitrogens with one attached hydrogen (secondary N) is 2. The molecule has 2 N–H and O–H groups in total. The van der Waals surface area contributed by atoms with E-state index in [1.165, 1.54) is 12.1 Å². The minimum absolute atomic E-state index is 0.00726. The molecular weight excluding hydrogens is 324 g/mol. The van der Waals surface area contributed by atoms with Gasteiger partial charge in [-0.3, -0.25) is 4.79 Å². The summed E-state index contributed by atoms with van der Waals surface area (Å²) >= 11 is 5.84. The van der Waals surface area contributed by atoms with Crippen LogP contribution in [-0.4, -0.2) is 31.7 Å². The molecule has 1 aliphatic heterocycles. The lowest BCUT2D eigenvalue weighted by Crippen LogP contribution is -2.40. The first-order valence-corrected chi connectivity index (χ1v) is 7.16. The van der Waals surface area contributed by atoms with E-state index in [1.807, 2.05) is 0 Å². The number of carbonyl (C=O) groups is 1. The van der Waals surface area contributed by atoms with Crippen molar-refractivity contribution in [2.45, 2.75) is 12.6 Å². The Hall–Kier alpha value is -1.34. The van der Waals surface area contributed by atoms with Gasteiger partial charge in [0.05, 0.1) is 11.8 Å². The Morgan fingerprint density at radius 2 is 2.09 bits per heavy atom. The second-order valence-electron chi connectivity index (χ2n) is 5.19. The summed E-state index contributed by atoms with van der Waals surface area (Å²) in [6.07, 6.45) is -4.08. The number of hydrogen-bond acceptors (Lipinski definition) is 2. The fourth-order valence-corrected chi connectivity index (χ4v) is 2.74. The number of rotatable bonds is 4. The molecule has 1 heterocycles. The van der Waals surface area contributed by atoms with Crippen molar-refractivity contribution in [3.63, 3.8) is 0 Å². The highest BCUT2D eigenvalue weighted by Gasteiger charge is 2.49. The van der Waals surface area contributed by atoms with Gasteiger partial charge in [-0.25, -0.2) is 4.39 Å². The summed E-state index contributed by atoms with van der Waals surface area (Å²) in [4.78, 5) is 11.9. The van der Waals surface area contributed by atoms with Gasteiger partial charge in [0.1, 0.15) is 5.82 Å². The molecule has 0 spiro atoms. The third-order valence-corrected chi connectivity index (χ3v) is 4.03. The van der Waals surface area contributed by atoms with Crippen LogP contribution in [0.25, 0.3) is 0 Å². The summed E-state index contributed by atoms with van der Waals surface area (Å²) in [5, 5.41) is 5.30. The number of alkyl halides is 3. The first-order valence-electron chi connectivity index (χ1n) is 6.78. The predicted molar refractivity (Wildman–Crippen MR) is 74.0 cm³/mol. The summed E-state index contributed by atoms with van der Waals surface area (Å²) in [5.41, 5.74) is 0.625. The molecule has 3 nitrogen and oxygen atoms in total. The van der Waals surface area contributed by atoms with Crippen LogP contribution in [0.4, 0.5) is 17.6 Å². The van der Waals surface area contributed by atoms with Crippen LogP contribution in [0.15, 0.2) is 18.2 Å². The smallest absolute Gasteiger partial charge is 0.355 e. The van der Waals surface area contributed by atoms with Crippen LogP contribution in [0, 0.1) is 17.7 Å². The van der Waals surface area contributed by atoms with Crippen molar-refractivity contribution in [2.24, 2.45) is 11.8 Å². The summed E-state index contributed by atoms with van der Waals surface area (Å²) in [5.74, 6) is -3.89. The molecule has 22 heavy (non-hydrogen) atoms. The summed E-state index contributed by atoms with van der Waals surface area (Å²) in [6, 6.07) is 3.88. The number of amides is 1. The van der Waals surface area contributed by atoms with E-state index in [2.05, 4.69) is 10.6 Å². The largest absolute Gasteiger partial charge is 0.393 e. The Labute approximate surface area is 130 Å². The van der Waals surface area contributed by atoms with Crippen molar-refractivity contribution >= 4 is 17.5 Å². The molecule has 0 saturated carbocycles. The van der Waals surface area contributed by atoms with Gasteiger partial charge in [-0.2, -0.15) is 13.2 Å². The second-order valence-corrected chi connectivity index (χ2v) is 5.60. The van der Waals surface area contributed by atoms with Gasteiger partial charge in [-0.1, -0.05) is 17.7 Å². The molecule has 0 aliphatic carbocycles. The molecule has 0 aromatic heterocycles. The van der Waals surface area contributed by atoms with Crippen LogP contribution >= 0.6 is 11.6 Å². The van der Waals surface area contributed by atoms with Crippen molar-refractivity contribution in [2.75, 3.05) is 19.6 Å². The third-order valence-electron chi connectivity index (χ3n) is 3.68. The van der Waals surface area contributed by atoms with Crippen LogP contribution in [0.5, 0.6) is 0 Å². The summed E-state index contributed by atoms with van der Waals surface area (Å²) in [7, 11) is 0. The zero-order chi connectivity index (χ0) is 16.3. The lowest BCUT2D eigenvalue weighted by Gasteiger charge is -2.20. The van der Waals surface area contributed by atoms with Crippen molar-refractivity contribution in [1.29, 1.82) is 0 Å². The lowest BCUT2D eigenvalue weighted by molar-refractivity contribution is -0.182. The Balaban J connectivity index is 1.87. The van der Waals surface area contributed by atoms with E-state index in [1.54, 1.807) is 0 Å². The Bertz CT molecular complexity index is 550. The van der Waals surface area contributed by atoms with E-state index in [9.17, 15) is 22.4 Å². The maximum atomic E-state index is 12.9. The lowest BCUT2D eigenvalue weighted by atomic mass is 9.94. The van der Waals surface area contributed by atoms with Gasteiger partial charge in [-0.05, 0) is 24.1 Å². The molecule has 1 aromatic carbocycles. The minimum atomic E-state index is -4.40. The van der Waals surface area contributed by atoms with E-state index in [0.29, 0.717) is 12.0 Å². The number of benzene rings is 1. The summed E-state index contributed by atoms with van der Waals surface area (Å²) < 4.78 is 51.2. The van der Waals surface area contributed by atoms with Crippen LogP contribution in [0.2, 0.25) is 5.02 Å². The Kier molecular flexibility index (Phi) is 5.28. The van der Waals surface area contributed by atoms with Gasteiger partial charge in [0.15, 0.2) is 0 Å². The van der Waals surface area contributed by atoms with Gasteiger partial charge in [0.25, 0.3) is 0 Å². The normalized spacial score (nSPS) is 21.9. The molecule has 0 unspecified atom stereocenters. The molecule has 2 rings (SSSR count). The zero-order valence-electron chi connectivity index (χ0n) is 11.5. The average Bonchev–Trinajstić information content (AvgIpc) is 2.90. The van der Waals surface area contributed by atoms with E-state index < -0.39 is 29.7 Å². The number of hydrogen-bond donors (Lipinski definition) is 2. The van der Waals surface area contributed by atoms with Gasteiger partial charge in [-0.15, -0.1) is 0 Å². The molecular formula is C14H15ClF4N2O. The summed E-state index contributed by atoms with van der Waals surface area (Å²) in [6.45, 7) is -0.0933. The molecule has 122 valence electrons. The standard InChI is InChI=1S/C14H15ClF4N2O/c15-12-5-9(16)2-1-8(12)3-4-21-13(22)10-6-20-7-11(10)14(17,18)19/h1-2,5,10-11,20H,3-4,6-7H2,(H,21,22)/t10-,11-/m1/s1. The van der Waals surface area contributed by atoms with Gasteiger partial charge in [0.2, 0.25) is 5.91 Å². The van der Waals surface area contributed by atoms with Gasteiger partial charge >= 0.3 is 6.18 Å². The SMILES string of the molecule is O=C(NCCc1ccc(F)cc1Cl)[C@@H]1CNC[C@H]1C(F)(F)F. The molecule has 1 amide bonds. The van der Waals surface area contributed by atoms with Crippen molar-refractivity contribution in [3.05, 3.63) is 34.6 Å². The average molecular weight is 339 g/mol. The van der Waals surface area contributed by atoms with E-state index in [0.717, 1.165) is 6.07 Å². The van der Waals surface area contributed by atoms with Crippen LogP contribution in [-0.2, 0) is 11.2 Å². The maximum Gasteiger partial charge on any atom is 0.393 e. The van der Waals surface area contributed by atoms with Crippen LogP contribution < -0.4 is 10.6 Å². The monoisotopic (exact) mass is 338 g/mol. The molecule has 1 fully saturated rings. The fourth-order valence-electron chi connectivity index (χ4n) is 2.47. The van der Waals surface area contributed by atoms with Gasteiger partial charge in [0, 0.05) is 24.7 Å². The topological polar surface area (TPSA) is 41.1 Å². The number of halogens is 5. The highest BCUT2D eigenvalue weighted by atomic mass is 35.5. The maximum absolute atomic E-state index is 12.9. The van der Waals surface area contributed by atoms with Crippen molar-refractivity contribution in [1.82, 2.24) is 10.6 Å². The molecule has 0 radical (unpaired) electrons. The van der Waals surface area contributed by atoms with E-state index in [-0.39, 0.29) is 24.7 Å². The molecule has 1 aromatic rings. The van der Waals surface area contributed by atoms with Crippen molar-refractivity contribution in [3.8, 4) is 0 Å². The molecule has 1 saturated heterocycles. The molecule has 8 heteroatoms. The van der Waals surface area contributed by atoms with Gasteiger partial charge < -0.3 is 10.6 Å². The molecule has 0 bridgehead atoms. The highest BCUT2D eigenvalue weighted by Crippen LogP contribution is 2.34. The Morgan fingerprint density at radius 1 is 1.36 bits per heavy atom. The predicted octanol–water partition coefficient (Wildman–Crippen LogP) is 2.54. The fraction of sp³-hybridized carbons (Fsp3) is 0.500. The minimum Gasteiger partial charge on any atom is -0.355 e. The van der Waals surface area contributed by atoms with E-state index >= 15 is 0 Å². The van der Waals surface area contributed by atoms with Crippen LogP contribution in [0.3, 0.4) is 0 Å². The van der Waals surface area contributed by atoms with Crippen molar-refractivity contribution < 1.29 is 22.4 Å². The highest BCUT2D eigenvalue weighted by molar-refractivity contribution is 6.31. The van der Waals surface area contributed by atoms with E-state index in [4.69, 9.17) is 11.6 Å². The quantitative estimate of drug-likeness (QED) is 0.828. The van der Waals surface area contributed by atoms with Crippen LogP contribution in [0.1, 0.15) is 5.56 Å². The third kappa shape index (κ3) is 4.10. The second kappa shape index (κ2) is 6.83. The first-order chi connectivity index (χ1) is 10.3. The Morgan fingerprint density at radius 3 is 2.73 bits per heavy atom. The molecule has 1 aliphatic rings. The number of carbonyl (C=O) groups excluding carboxylic acids is 1. The molecule has 2 atom stereocenters. The first kappa shape index (κ1) is 17.0. The zero-order valence-corrected chi connectivity index (χ0v) is 12.3.